The molecule has 1 aromatic carbocycles. The normalized spacial score (nSPS) is 13.2. The number of ether oxygens (including phenoxy) is 2. The van der Waals surface area contributed by atoms with E-state index in [1.807, 2.05) is 0 Å². The molecule has 1 rings (SSSR count). The molecule has 0 aromatic heterocycles. The summed E-state index contributed by atoms with van der Waals surface area (Å²) in [5, 5.41) is 0. The van der Waals surface area contributed by atoms with Gasteiger partial charge < -0.3 is 15.2 Å². The number of hydrogen-bond acceptors (Lipinski definition) is 3. The second-order valence-corrected chi connectivity index (χ2v) is 4.23. The van der Waals surface area contributed by atoms with Crippen LogP contribution in [0.2, 0.25) is 0 Å². The van der Waals surface area contributed by atoms with Gasteiger partial charge in [0, 0.05) is 12.5 Å². The van der Waals surface area contributed by atoms with Crippen LogP contribution in [-0.2, 0) is 0 Å². The molecule has 3 nitrogen and oxygen atoms in total. The fraction of sp³-hybridized carbons (Fsp3) is 0.538. The van der Waals surface area contributed by atoms with Crippen molar-refractivity contribution >= 4 is 0 Å². The SMILES string of the molecule is COc1ccc(C(N)CCCC(F)(F)F)cc1OC. The molecular formula is C13H18F3NO2. The van der Waals surface area contributed by atoms with Crippen molar-refractivity contribution in [3.63, 3.8) is 0 Å². The molecule has 6 heteroatoms. The Hall–Kier alpha value is -1.43. The second kappa shape index (κ2) is 6.65. The number of hydrogen-bond donors (Lipinski definition) is 1. The Morgan fingerprint density at radius 2 is 1.79 bits per heavy atom. The van der Waals surface area contributed by atoms with Gasteiger partial charge in [0.2, 0.25) is 0 Å². The third kappa shape index (κ3) is 4.98. The van der Waals surface area contributed by atoms with E-state index in [-0.39, 0.29) is 12.8 Å². The van der Waals surface area contributed by atoms with Crippen LogP contribution in [0.3, 0.4) is 0 Å². The largest absolute Gasteiger partial charge is 0.493 e. The van der Waals surface area contributed by atoms with E-state index in [0.717, 1.165) is 5.56 Å². The fourth-order valence-electron chi connectivity index (χ4n) is 1.77. The first-order chi connectivity index (χ1) is 8.87. The fourth-order valence-corrected chi connectivity index (χ4v) is 1.77. The van der Waals surface area contributed by atoms with Gasteiger partial charge in [-0.05, 0) is 30.5 Å². The van der Waals surface area contributed by atoms with Crippen LogP contribution in [0, 0.1) is 0 Å². The first-order valence-electron chi connectivity index (χ1n) is 5.91. The summed E-state index contributed by atoms with van der Waals surface area (Å²) in [5.41, 5.74) is 6.61. The van der Waals surface area contributed by atoms with Crippen molar-refractivity contribution in [1.29, 1.82) is 0 Å². The van der Waals surface area contributed by atoms with E-state index in [9.17, 15) is 13.2 Å². The maximum Gasteiger partial charge on any atom is 0.389 e. The zero-order valence-corrected chi connectivity index (χ0v) is 11.0. The number of halogens is 3. The molecule has 0 fully saturated rings. The summed E-state index contributed by atoms with van der Waals surface area (Å²) in [6.07, 6.45) is -4.65. The predicted octanol–water partition coefficient (Wildman–Crippen LogP) is 3.44. The minimum absolute atomic E-state index is 0.0129. The Kier molecular flexibility index (Phi) is 5.47. The summed E-state index contributed by atoms with van der Waals surface area (Å²) in [4.78, 5) is 0. The van der Waals surface area contributed by atoms with Crippen molar-refractivity contribution in [1.82, 2.24) is 0 Å². The third-order valence-electron chi connectivity index (χ3n) is 2.81. The Balaban J connectivity index is 2.64. The lowest BCUT2D eigenvalue weighted by molar-refractivity contribution is -0.135. The first-order valence-corrected chi connectivity index (χ1v) is 5.91. The van der Waals surface area contributed by atoms with Crippen LogP contribution in [0.1, 0.15) is 30.9 Å². The Bertz CT molecular complexity index is 407. The minimum atomic E-state index is -4.13. The Morgan fingerprint density at radius 1 is 1.16 bits per heavy atom. The summed E-state index contributed by atoms with van der Waals surface area (Å²) in [5.74, 6) is 1.08. The number of benzene rings is 1. The van der Waals surface area contributed by atoms with Crippen LogP contribution in [-0.4, -0.2) is 20.4 Å². The van der Waals surface area contributed by atoms with Gasteiger partial charge in [0.15, 0.2) is 11.5 Å². The van der Waals surface area contributed by atoms with Crippen molar-refractivity contribution in [3.8, 4) is 11.5 Å². The van der Waals surface area contributed by atoms with E-state index >= 15 is 0 Å². The van der Waals surface area contributed by atoms with Crippen molar-refractivity contribution < 1.29 is 22.6 Å². The molecule has 0 amide bonds. The van der Waals surface area contributed by atoms with Crippen molar-refractivity contribution in [3.05, 3.63) is 23.8 Å². The molecule has 0 saturated heterocycles. The zero-order valence-electron chi connectivity index (χ0n) is 11.0. The highest BCUT2D eigenvalue weighted by molar-refractivity contribution is 5.43. The summed E-state index contributed by atoms with van der Waals surface area (Å²) < 4.78 is 46.4. The highest BCUT2D eigenvalue weighted by Crippen LogP contribution is 2.31. The van der Waals surface area contributed by atoms with E-state index in [1.54, 1.807) is 18.2 Å². The summed E-state index contributed by atoms with van der Waals surface area (Å²) in [7, 11) is 3.01. The van der Waals surface area contributed by atoms with Gasteiger partial charge in [0.1, 0.15) is 0 Å². The molecule has 0 aliphatic heterocycles. The molecule has 0 spiro atoms. The monoisotopic (exact) mass is 277 g/mol. The molecule has 0 heterocycles. The first kappa shape index (κ1) is 15.6. The second-order valence-electron chi connectivity index (χ2n) is 4.23. The van der Waals surface area contributed by atoms with Crippen LogP contribution in [0.15, 0.2) is 18.2 Å². The van der Waals surface area contributed by atoms with Gasteiger partial charge in [-0.2, -0.15) is 13.2 Å². The number of nitrogens with two attached hydrogens (primary N) is 1. The molecule has 0 aliphatic rings. The average Bonchev–Trinajstić information content (AvgIpc) is 2.36. The van der Waals surface area contributed by atoms with E-state index in [4.69, 9.17) is 15.2 Å². The Labute approximate surface area is 110 Å². The molecule has 1 aromatic rings. The quantitative estimate of drug-likeness (QED) is 0.866. The van der Waals surface area contributed by atoms with Gasteiger partial charge in [0.25, 0.3) is 0 Å². The summed E-state index contributed by atoms with van der Waals surface area (Å²) >= 11 is 0. The standard InChI is InChI=1S/C13H18F3NO2/c1-18-11-6-5-9(8-12(11)19-2)10(17)4-3-7-13(14,15)16/h5-6,8,10H,3-4,7,17H2,1-2H3. The molecule has 2 N–H and O–H groups in total. The van der Waals surface area contributed by atoms with Gasteiger partial charge >= 0.3 is 6.18 Å². The molecular weight excluding hydrogens is 259 g/mol. The lowest BCUT2D eigenvalue weighted by Gasteiger charge is -2.15. The summed E-state index contributed by atoms with van der Waals surface area (Å²) in [6, 6.07) is 4.68. The highest BCUT2D eigenvalue weighted by atomic mass is 19.4. The van der Waals surface area contributed by atoms with Gasteiger partial charge in [-0.3, -0.25) is 0 Å². The molecule has 108 valence electrons. The lowest BCUT2D eigenvalue weighted by atomic mass is 10.0. The minimum Gasteiger partial charge on any atom is -0.493 e. The smallest absolute Gasteiger partial charge is 0.389 e. The number of rotatable bonds is 6. The molecule has 0 radical (unpaired) electrons. The Morgan fingerprint density at radius 3 is 2.32 bits per heavy atom. The van der Waals surface area contributed by atoms with Crippen molar-refractivity contribution in [2.24, 2.45) is 5.73 Å². The van der Waals surface area contributed by atoms with Crippen LogP contribution in [0.5, 0.6) is 11.5 Å². The molecule has 19 heavy (non-hydrogen) atoms. The highest BCUT2D eigenvalue weighted by Gasteiger charge is 2.26. The molecule has 0 saturated carbocycles. The molecule has 1 unspecified atom stereocenters. The van der Waals surface area contributed by atoms with Crippen LogP contribution in [0.4, 0.5) is 13.2 Å². The number of methoxy groups -OCH3 is 2. The third-order valence-corrected chi connectivity index (χ3v) is 2.81. The number of alkyl halides is 3. The van der Waals surface area contributed by atoms with E-state index in [0.29, 0.717) is 11.5 Å². The van der Waals surface area contributed by atoms with Gasteiger partial charge in [-0.15, -0.1) is 0 Å². The van der Waals surface area contributed by atoms with E-state index in [2.05, 4.69) is 0 Å². The summed E-state index contributed by atoms with van der Waals surface area (Å²) in [6.45, 7) is 0. The average molecular weight is 277 g/mol. The lowest BCUT2D eigenvalue weighted by Crippen LogP contribution is -2.13. The van der Waals surface area contributed by atoms with Gasteiger partial charge in [-0.25, -0.2) is 0 Å². The van der Waals surface area contributed by atoms with E-state index in [1.165, 1.54) is 14.2 Å². The maximum atomic E-state index is 12.0. The molecule has 0 aliphatic carbocycles. The van der Waals surface area contributed by atoms with E-state index < -0.39 is 18.6 Å². The van der Waals surface area contributed by atoms with Crippen LogP contribution in [0.25, 0.3) is 0 Å². The van der Waals surface area contributed by atoms with Crippen molar-refractivity contribution in [2.75, 3.05) is 14.2 Å². The predicted molar refractivity (Wildman–Crippen MR) is 66.4 cm³/mol. The van der Waals surface area contributed by atoms with Crippen LogP contribution >= 0.6 is 0 Å². The molecule has 0 bridgehead atoms. The molecule has 1 atom stereocenters. The topological polar surface area (TPSA) is 44.5 Å². The van der Waals surface area contributed by atoms with Crippen molar-refractivity contribution in [2.45, 2.75) is 31.5 Å². The zero-order chi connectivity index (χ0) is 14.5. The van der Waals surface area contributed by atoms with Gasteiger partial charge in [-0.1, -0.05) is 6.07 Å². The van der Waals surface area contributed by atoms with Crippen LogP contribution < -0.4 is 15.2 Å². The maximum absolute atomic E-state index is 12.0. The van der Waals surface area contributed by atoms with Gasteiger partial charge in [0.05, 0.1) is 14.2 Å².